The first-order valence-corrected chi connectivity index (χ1v) is 17.0. The van der Waals surface area contributed by atoms with Crippen LogP contribution in [-0.2, 0) is 0 Å². The predicted octanol–water partition coefficient (Wildman–Crippen LogP) is 10.2. The summed E-state index contributed by atoms with van der Waals surface area (Å²) in [6.45, 7) is 6.44. The van der Waals surface area contributed by atoms with Gasteiger partial charge in [0.05, 0.1) is 16.7 Å². The minimum absolute atomic E-state index is 0.692. The molecule has 0 fully saturated rings. The van der Waals surface area contributed by atoms with Gasteiger partial charge < -0.3 is 0 Å². The van der Waals surface area contributed by atoms with Gasteiger partial charge >= 0.3 is 0 Å². The second kappa shape index (κ2) is 13.6. The van der Waals surface area contributed by atoms with Gasteiger partial charge in [-0.2, -0.15) is 0 Å². The van der Waals surface area contributed by atoms with E-state index in [1.54, 1.807) is 0 Å². The zero-order valence-corrected chi connectivity index (χ0v) is 28.0. The Morgan fingerprint density at radius 1 is 0.720 bits per heavy atom. The van der Waals surface area contributed by atoms with Crippen LogP contribution in [0.2, 0.25) is 0 Å². The monoisotopic (exact) mass is 641 g/mol. The van der Waals surface area contributed by atoms with Crippen LogP contribution in [0.25, 0.3) is 80.1 Å². The summed E-state index contributed by atoms with van der Waals surface area (Å²) < 4.78 is 0. The number of allylic oxidation sites excluding steroid dienone is 6. The highest BCUT2D eigenvalue weighted by Crippen LogP contribution is 2.37. The molecule has 2 heterocycles. The molecule has 50 heavy (non-hydrogen) atoms. The molecule has 0 N–H and O–H groups in total. The Bertz CT molecular complexity index is 2590. The van der Waals surface area contributed by atoms with E-state index >= 15 is 0 Å². The molecule has 2 aliphatic carbocycles. The van der Waals surface area contributed by atoms with Crippen molar-refractivity contribution in [3.8, 4) is 33.9 Å². The lowest BCUT2D eigenvalue weighted by molar-refractivity contribution is 1.19. The van der Waals surface area contributed by atoms with Gasteiger partial charge in [-0.25, -0.2) is 9.97 Å². The van der Waals surface area contributed by atoms with Crippen LogP contribution < -0.4 is 10.6 Å². The van der Waals surface area contributed by atoms with E-state index in [2.05, 4.69) is 157 Å². The van der Waals surface area contributed by atoms with Crippen molar-refractivity contribution in [2.24, 2.45) is 0 Å². The average Bonchev–Trinajstić information content (AvgIpc) is 3.44. The van der Waals surface area contributed by atoms with Crippen molar-refractivity contribution >= 4 is 46.2 Å². The minimum Gasteiger partial charge on any atom is -0.257 e. The van der Waals surface area contributed by atoms with E-state index in [4.69, 9.17) is 9.97 Å². The molecule has 8 rings (SSSR count). The SMILES string of the molecule is C=C(/C=c1/cccn/c1=C/C)c1cccc(-c2cc(-c3ccc(C4=C=CCC=C4)cc3)nc(-c3cc4c(c5ccccc35)C=CCC=C4)n2)c1. The van der Waals surface area contributed by atoms with Gasteiger partial charge in [0.25, 0.3) is 0 Å². The lowest BCUT2D eigenvalue weighted by atomic mass is 9.93. The first-order chi connectivity index (χ1) is 24.6. The van der Waals surface area contributed by atoms with E-state index in [9.17, 15) is 0 Å². The zero-order valence-electron chi connectivity index (χ0n) is 28.0. The number of hydrogen-bond acceptors (Lipinski definition) is 3. The summed E-state index contributed by atoms with van der Waals surface area (Å²) in [7, 11) is 0. The fourth-order valence-corrected chi connectivity index (χ4v) is 6.66. The van der Waals surface area contributed by atoms with Gasteiger partial charge in [-0.15, -0.1) is 5.73 Å². The molecule has 0 bridgehead atoms. The average molecular weight is 642 g/mol. The lowest BCUT2D eigenvalue weighted by Crippen LogP contribution is -2.26. The molecule has 6 aromatic rings. The maximum absolute atomic E-state index is 5.29. The quantitative estimate of drug-likeness (QED) is 0.170. The highest BCUT2D eigenvalue weighted by atomic mass is 14.9. The van der Waals surface area contributed by atoms with Gasteiger partial charge in [0.1, 0.15) is 0 Å². The summed E-state index contributed by atoms with van der Waals surface area (Å²) in [6.07, 6.45) is 23.0. The van der Waals surface area contributed by atoms with Gasteiger partial charge in [-0.3, -0.25) is 4.98 Å². The molecule has 2 aliphatic rings. The summed E-state index contributed by atoms with van der Waals surface area (Å²) in [5.74, 6) is 0.692. The predicted molar refractivity (Wildman–Crippen MR) is 211 cm³/mol. The second-order valence-electron chi connectivity index (χ2n) is 12.5. The van der Waals surface area contributed by atoms with E-state index in [1.807, 2.05) is 25.3 Å². The van der Waals surface area contributed by atoms with E-state index in [-0.39, 0.29) is 0 Å². The normalized spacial score (nSPS) is 14.1. The van der Waals surface area contributed by atoms with Gasteiger partial charge in [-0.1, -0.05) is 122 Å². The molecule has 3 nitrogen and oxygen atoms in total. The highest BCUT2D eigenvalue weighted by molar-refractivity contribution is 6.03. The van der Waals surface area contributed by atoms with Crippen LogP contribution in [0.15, 0.2) is 146 Å². The van der Waals surface area contributed by atoms with Crippen LogP contribution in [0, 0.1) is 0 Å². The van der Waals surface area contributed by atoms with Crippen molar-refractivity contribution in [1.82, 2.24) is 15.0 Å². The molecule has 0 radical (unpaired) electrons. The molecule has 0 unspecified atom stereocenters. The summed E-state index contributed by atoms with van der Waals surface area (Å²) in [5.41, 5.74) is 14.7. The number of aromatic nitrogens is 3. The molecule has 0 aliphatic heterocycles. The number of rotatable bonds is 6. The van der Waals surface area contributed by atoms with Gasteiger partial charge in [0, 0.05) is 33.7 Å². The molecule has 238 valence electrons. The van der Waals surface area contributed by atoms with Crippen LogP contribution in [0.3, 0.4) is 0 Å². The Balaban J connectivity index is 1.30. The zero-order chi connectivity index (χ0) is 33.9. The first kappa shape index (κ1) is 30.9. The molecular formula is C47H35N3. The van der Waals surface area contributed by atoms with Gasteiger partial charge in [0.15, 0.2) is 5.82 Å². The highest BCUT2D eigenvalue weighted by Gasteiger charge is 2.17. The molecule has 0 atom stereocenters. The summed E-state index contributed by atoms with van der Waals surface area (Å²) in [5, 5.41) is 4.29. The molecule has 3 heteroatoms. The number of hydrogen-bond donors (Lipinski definition) is 0. The largest absolute Gasteiger partial charge is 0.257 e. The van der Waals surface area contributed by atoms with Crippen molar-refractivity contribution < 1.29 is 0 Å². The van der Waals surface area contributed by atoms with E-state index < -0.39 is 0 Å². The third-order valence-electron chi connectivity index (χ3n) is 9.23. The fraction of sp³-hybridized carbons (Fsp3) is 0.0638. The van der Waals surface area contributed by atoms with Crippen molar-refractivity contribution in [2.45, 2.75) is 19.8 Å². The molecule has 0 amide bonds. The lowest BCUT2D eigenvalue weighted by Gasteiger charge is -2.15. The van der Waals surface area contributed by atoms with Crippen molar-refractivity contribution in [2.75, 3.05) is 0 Å². The second-order valence-corrected chi connectivity index (χ2v) is 12.5. The summed E-state index contributed by atoms with van der Waals surface area (Å²) >= 11 is 0. The Kier molecular flexibility index (Phi) is 8.41. The summed E-state index contributed by atoms with van der Waals surface area (Å²) in [4.78, 5) is 15.1. The Morgan fingerprint density at radius 3 is 2.32 bits per heavy atom. The maximum atomic E-state index is 5.29. The van der Waals surface area contributed by atoms with Crippen LogP contribution in [0.4, 0.5) is 0 Å². The molecule has 4 aromatic carbocycles. The van der Waals surface area contributed by atoms with E-state index in [0.717, 1.165) is 79.1 Å². The third kappa shape index (κ3) is 6.15. The molecule has 0 spiro atoms. The Labute approximate surface area is 292 Å². The van der Waals surface area contributed by atoms with Crippen molar-refractivity contribution in [3.63, 3.8) is 0 Å². The molecule has 0 saturated heterocycles. The topological polar surface area (TPSA) is 38.7 Å². The van der Waals surface area contributed by atoms with Crippen LogP contribution in [0.5, 0.6) is 0 Å². The van der Waals surface area contributed by atoms with Crippen molar-refractivity contribution in [1.29, 1.82) is 0 Å². The third-order valence-corrected chi connectivity index (χ3v) is 9.23. The van der Waals surface area contributed by atoms with Gasteiger partial charge in [0.2, 0.25) is 0 Å². The number of nitrogens with zero attached hydrogens (tertiary/aromatic N) is 3. The van der Waals surface area contributed by atoms with Crippen LogP contribution >= 0.6 is 0 Å². The van der Waals surface area contributed by atoms with E-state index in [1.165, 1.54) is 16.5 Å². The number of fused-ring (bicyclic) bond motifs is 3. The van der Waals surface area contributed by atoms with Crippen LogP contribution in [0.1, 0.15) is 42.0 Å². The molecule has 0 saturated carbocycles. The van der Waals surface area contributed by atoms with Crippen molar-refractivity contribution in [3.05, 3.63) is 179 Å². The Hall–Kier alpha value is -6.41. The van der Waals surface area contributed by atoms with Crippen LogP contribution in [-0.4, -0.2) is 15.0 Å². The minimum atomic E-state index is 0.692. The smallest absolute Gasteiger partial charge is 0.161 e. The maximum Gasteiger partial charge on any atom is 0.161 e. The summed E-state index contributed by atoms with van der Waals surface area (Å²) in [6, 6.07) is 34.0. The number of benzene rings is 4. The fourth-order valence-electron chi connectivity index (χ4n) is 6.66. The van der Waals surface area contributed by atoms with E-state index in [0.29, 0.717) is 5.82 Å². The molecular weight excluding hydrogens is 607 g/mol. The number of pyridine rings is 1. The Morgan fingerprint density at radius 2 is 1.50 bits per heavy atom. The van der Waals surface area contributed by atoms with Gasteiger partial charge in [-0.05, 0) is 94.8 Å². The molecule has 2 aromatic heterocycles. The standard InChI is InChI=1S/C47H35N3/c1-3-44-38(19-13-27-48-44)28-32(2)36-17-12-18-39(29-36)46-31-45(35-25-23-34(24-26-35)33-14-6-4-7-15-33)49-47(50-46)43-30-37-16-8-5-9-20-40(37)41-21-10-11-22-42(41)43/h3,6-14,16-31H,2,4-5H2,1H3/b38-28-,44-3+. The first-order valence-electron chi connectivity index (χ1n) is 17.0.